The molecule has 1 aliphatic carbocycles. The molecule has 2 heterocycles. The Balaban J connectivity index is 1.24. The van der Waals surface area contributed by atoms with Crippen molar-refractivity contribution >= 4 is 12.1 Å². The molecule has 8 nitrogen and oxygen atoms in total. The molecule has 160 valence electrons. The summed E-state index contributed by atoms with van der Waals surface area (Å²) in [6, 6.07) is -0.214. The molecule has 0 unspecified atom stereocenters. The van der Waals surface area contributed by atoms with Gasteiger partial charge in [-0.2, -0.15) is 0 Å². The summed E-state index contributed by atoms with van der Waals surface area (Å²) in [6.45, 7) is 4.17. The van der Waals surface area contributed by atoms with Gasteiger partial charge in [0.25, 0.3) is 0 Å². The number of rotatable bonds is 8. The van der Waals surface area contributed by atoms with Crippen LogP contribution in [0.25, 0.3) is 0 Å². The van der Waals surface area contributed by atoms with Gasteiger partial charge in [0.2, 0.25) is 0 Å². The summed E-state index contributed by atoms with van der Waals surface area (Å²) in [7, 11) is 0. The van der Waals surface area contributed by atoms with Crippen molar-refractivity contribution in [2.75, 3.05) is 39.4 Å². The van der Waals surface area contributed by atoms with Gasteiger partial charge in [0.05, 0.1) is 12.2 Å². The molecule has 3 aliphatic rings. The lowest BCUT2D eigenvalue weighted by molar-refractivity contribution is 0.111. The second-order valence-electron chi connectivity index (χ2n) is 8.35. The van der Waals surface area contributed by atoms with Gasteiger partial charge in [-0.1, -0.05) is 6.42 Å². The minimum absolute atomic E-state index is 0.107. The van der Waals surface area contributed by atoms with E-state index in [1.165, 1.54) is 0 Å². The number of nitrogens with one attached hydrogen (secondary N) is 4. The zero-order chi connectivity index (χ0) is 19.6. The zero-order valence-corrected chi connectivity index (χ0v) is 16.8. The van der Waals surface area contributed by atoms with Crippen LogP contribution in [0.5, 0.6) is 0 Å². The predicted octanol–water partition coefficient (Wildman–Crippen LogP) is 1.75. The van der Waals surface area contributed by atoms with Crippen LogP contribution in [-0.2, 0) is 9.47 Å². The van der Waals surface area contributed by atoms with Crippen molar-refractivity contribution in [3.05, 3.63) is 0 Å². The van der Waals surface area contributed by atoms with Gasteiger partial charge in [0.1, 0.15) is 0 Å². The number of ether oxygens (including phenoxy) is 2. The highest BCUT2D eigenvalue weighted by Crippen LogP contribution is 2.28. The molecule has 0 spiro atoms. The summed E-state index contributed by atoms with van der Waals surface area (Å²) in [4.78, 5) is 23.9. The summed E-state index contributed by atoms with van der Waals surface area (Å²) in [6.07, 6.45) is 9.00. The summed E-state index contributed by atoms with van der Waals surface area (Å²) in [5.41, 5.74) is 0. The van der Waals surface area contributed by atoms with Crippen molar-refractivity contribution in [2.45, 2.75) is 63.6 Å². The third kappa shape index (κ3) is 7.47. The van der Waals surface area contributed by atoms with E-state index in [0.29, 0.717) is 38.0 Å². The van der Waals surface area contributed by atoms with Gasteiger partial charge < -0.3 is 30.7 Å². The summed E-state index contributed by atoms with van der Waals surface area (Å²) < 4.78 is 11.0. The third-order valence-electron chi connectivity index (χ3n) is 6.02. The van der Waals surface area contributed by atoms with Crippen LogP contribution in [0.1, 0.15) is 51.4 Å². The molecule has 0 radical (unpaired) electrons. The van der Waals surface area contributed by atoms with E-state index in [4.69, 9.17) is 9.47 Å². The van der Waals surface area contributed by atoms with Crippen LogP contribution in [0.15, 0.2) is 0 Å². The summed E-state index contributed by atoms with van der Waals surface area (Å²) in [5.74, 6) is 0.952. The van der Waals surface area contributed by atoms with Gasteiger partial charge in [0.15, 0.2) is 0 Å². The van der Waals surface area contributed by atoms with E-state index in [9.17, 15) is 9.59 Å². The minimum Gasteiger partial charge on any atom is -0.376 e. The lowest BCUT2D eigenvalue weighted by Gasteiger charge is -2.29. The normalized spacial score (nSPS) is 30.0. The molecule has 28 heavy (non-hydrogen) atoms. The molecule has 2 aliphatic heterocycles. The molecule has 0 aromatic rings. The topological polar surface area (TPSA) is 101 Å². The molecule has 0 bridgehead atoms. The molecule has 8 heteroatoms. The van der Waals surface area contributed by atoms with Gasteiger partial charge in [-0.25, -0.2) is 9.59 Å². The Bertz CT molecular complexity index is 451. The van der Waals surface area contributed by atoms with Crippen molar-refractivity contribution in [3.63, 3.8) is 0 Å². The Labute approximate surface area is 167 Å². The maximum atomic E-state index is 12.0. The second-order valence-corrected chi connectivity index (χ2v) is 8.35. The summed E-state index contributed by atoms with van der Waals surface area (Å²) in [5, 5.41) is 11.8. The number of amides is 4. The Hall–Kier alpha value is -1.54. The number of urea groups is 2. The average Bonchev–Trinajstić information content (AvgIpc) is 3.42. The fourth-order valence-electron chi connectivity index (χ4n) is 4.40. The van der Waals surface area contributed by atoms with E-state index in [1.807, 2.05) is 0 Å². The molecular formula is C20H36N4O4. The first kappa shape index (κ1) is 21.2. The predicted molar refractivity (Wildman–Crippen MR) is 106 cm³/mol. The number of carbonyl (C=O) groups excluding carboxylic acids is 2. The van der Waals surface area contributed by atoms with Crippen molar-refractivity contribution in [2.24, 2.45) is 11.8 Å². The molecule has 4 atom stereocenters. The Morgan fingerprint density at radius 1 is 0.643 bits per heavy atom. The largest absolute Gasteiger partial charge is 0.376 e. The van der Waals surface area contributed by atoms with Gasteiger partial charge >= 0.3 is 12.1 Å². The monoisotopic (exact) mass is 396 g/mol. The zero-order valence-electron chi connectivity index (χ0n) is 16.8. The SMILES string of the molecule is O=C(NC[C@H]1CCC[C@@H](CNC(=O)NC[C@@H]2CCCO2)C1)NC[C@H]1CCCO1. The number of hydrogen-bond donors (Lipinski definition) is 4. The Morgan fingerprint density at radius 3 is 1.54 bits per heavy atom. The number of hydrogen-bond acceptors (Lipinski definition) is 4. The fraction of sp³-hybridized carbons (Fsp3) is 0.900. The lowest BCUT2D eigenvalue weighted by atomic mass is 9.81. The van der Waals surface area contributed by atoms with Gasteiger partial charge in [0, 0.05) is 39.4 Å². The molecule has 1 saturated carbocycles. The minimum atomic E-state index is -0.107. The molecule has 3 rings (SSSR count). The average molecular weight is 397 g/mol. The summed E-state index contributed by atoms with van der Waals surface area (Å²) >= 11 is 0. The highest BCUT2D eigenvalue weighted by atomic mass is 16.5. The smallest absolute Gasteiger partial charge is 0.314 e. The van der Waals surface area contributed by atoms with Crippen molar-refractivity contribution in [1.82, 2.24) is 21.3 Å². The molecule has 0 aromatic carbocycles. The second kappa shape index (κ2) is 11.5. The van der Waals surface area contributed by atoms with Crippen LogP contribution in [0.2, 0.25) is 0 Å². The van der Waals surface area contributed by atoms with Crippen LogP contribution in [0.4, 0.5) is 9.59 Å². The van der Waals surface area contributed by atoms with Crippen LogP contribution in [-0.4, -0.2) is 63.7 Å². The first-order valence-electron chi connectivity index (χ1n) is 11.0. The van der Waals surface area contributed by atoms with Crippen molar-refractivity contribution in [3.8, 4) is 0 Å². The molecule has 4 amide bonds. The molecule has 4 N–H and O–H groups in total. The molecular weight excluding hydrogens is 360 g/mol. The number of carbonyl (C=O) groups is 2. The van der Waals surface area contributed by atoms with Gasteiger partial charge in [-0.15, -0.1) is 0 Å². The highest BCUT2D eigenvalue weighted by Gasteiger charge is 2.23. The quantitative estimate of drug-likeness (QED) is 0.502. The molecule has 3 fully saturated rings. The van der Waals surface area contributed by atoms with Crippen LogP contribution in [0.3, 0.4) is 0 Å². The van der Waals surface area contributed by atoms with Crippen LogP contribution < -0.4 is 21.3 Å². The van der Waals surface area contributed by atoms with Crippen LogP contribution in [0, 0.1) is 11.8 Å². The standard InChI is InChI=1S/C20H36N4O4/c25-19(23-13-17-6-2-8-27-17)21-11-15-4-1-5-16(10-15)12-22-20(26)24-14-18-7-3-9-28-18/h15-18H,1-14H2,(H2,21,23,25)(H2,22,24,26)/t15-,16+,17+,18-. The van der Waals surface area contributed by atoms with Crippen molar-refractivity contribution in [1.29, 1.82) is 0 Å². The van der Waals surface area contributed by atoms with E-state index < -0.39 is 0 Å². The first-order valence-corrected chi connectivity index (χ1v) is 11.0. The van der Waals surface area contributed by atoms with E-state index in [0.717, 1.165) is 64.6 Å². The molecule has 2 saturated heterocycles. The molecule has 0 aromatic heterocycles. The fourth-order valence-corrected chi connectivity index (χ4v) is 4.40. The van der Waals surface area contributed by atoms with E-state index in [1.54, 1.807) is 0 Å². The van der Waals surface area contributed by atoms with E-state index >= 15 is 0 Å². The Kier molecular flexibility index (Phi) is 8.67. The maximum Gasteiger partial charge on any atom is 0.314 e. The highest BCUT2D eigenvalue weighted by molar-refractivity contribution is 5.74. The lowest BCUT2D eigenvalue weighted by Crippen LogP contribution is -2.43. The van der Waals surface area contributed by atoms with Gasteiger partial charge in [-0.3, -0.25) is 0 Å². The van der Waals surface area contributed by atoms with E-state index in [-0.39, 0.29) is 24.3 Å². The Morgan fingerprint density at radius 2 is 1.11 bits per heavy atom. The van der Waals surface area contributed by atoms with Crippen LogP contribution >= 0.6 is 0 Å². The van der Waals surface area contributed by atoms with Gasteiger partial charge in [-0.05, 0) is 56.8 Å². The maximum absolute atomic E-state index is 12.0. The third-order valence-corrected chi connectivity index (χ3v) is 6.02. The first-order chi connectivity index (χ1) is 13.7. The van der Waals surface area contributed by atoms with Crippen molar-refractivity contribution < 1.29 is 19.1 Å². The van der Waals surface area contributed by atoms with E-state index in [2.05, 4.69) is 21.3 Å².